The minimum absolute atomic E-state index is 0.0765. The highest BCUT2D eigenvalue weighted by molar-refractivity contribution is 5.71. The van der Waals surface area contributed by atoms with Crippen LogP contribution in [0.4, 0.5) is 0 Å². The number of hydrogen-bond acceptors (Lipinski definition) is 6. The molecule has 0 aromatic rings. The fourth-order valence-electron chi connectivity index (χ4n) is 10.3. The molecule has 0 aliphatic rings. The Balaban J connectivity index is 4.32. The molecule has 474 valence electrons. The van der Waals surface area contributed by atoms with Gasteiger partial charge in [0.2, 0.25) is 0 Å². The van der Waals surface area contributed by atoms with E-state index < -0.39 is 6.10 Å². The topological polar surface area (TPSA) is 78.9 Å². The summed E-state index contributed by atoms with van der Waals surface area (Å²) in [5, 5.41) is 0. The number of allylic oxidation sites excluding steroid dienone is 14. The summed E-state index contributed by atoms with van der Waals surface area (Å²) in [7, 11) is 0. The molecule has 6 heteroatoms. The van der Waals surface area contributed by atoms with Gasteiger partial charge in [0.1, 0.15) is 13.2 Å². The fourth-order valence-corrected chi connectivity index (χ4v) is 10.3. The molecule has 0 rings (SSSR count). The number of unbranched alkanes of at least 4 members (excludes halogenated alkanes) is 40. The summed E-state index contributed by atoms with van der Waals surface area (Å²) in [6.07, 6.45) is 93.1. The van der Waals surface area contributed by atoms with Gasteiger partial charge in [-0.3, -0.25) is 14.4 Å². The first-order valence-electron chi connectivity index (χ1n) is 35.6. The van der Waals surface area contributed by atoms with Gasteiger partial charge in [-0.25, -0.2) is 0 Å². The van der Waals surface area contributed by atoms with E-state index in [9.17, 15) is 14.4 Å². The molecule has 0 amide bonds. The van der Waals surface area contributed by atoms with Crippen molar-refractivity contribution in [3.05, 3.63) is 85.1 Å². The van der Waals surface area contributed by atoms with E-state index in [0.717, 1.165) is 103 Å². The molecule has 0 heterocycles. The zero-order valence-corrected chi connectivity index (χ0v) is 54.5. The van der Waals surface area contributed by atoms with Crippen LogP contribution in [-0.4, -0.2) is 37.2 Å². The molecule has 1 unspecified atom stereocenters. The molecule has 0 saturated carbocycles. The number of carbonyl (C=O) groups excluding carboxylic acids is 3. The summed E-state index contributed by atoms with van der Waals surface area (Å²) >= 11 is 0. The van der Waals surface area contributed by atoms with E-state index in [1.54, 1.807) is 0 Å². The van der Waals surface area contributed by atoms with E-state index in [-0.39, 0.29) is 31.1 Å². The molecule has 0 N–H and O–H groups in total. The van der Waals surface area contributed by atoms with Crippen LogP contribution in [-0.2, 0) is 28.6 Å². The van der Waals surface area contributed by atoms with Crippen molar-refractivity contribution < 1.29 is 28.6 Å². The van der Waals surface area contributed by atoms with Crippen molar-refractivity contribution in [1.82, 2.24) is 0 Å². The van der Waals surface area contributed by atoms with Crippen molar-refractivity contribution in [2.24, 2.45) is 0 Å². The van der Waals surface area contributed by atoms with Crippen molar-refractivity contribution in [3.8, 4) is 0 Å². The quantitative estimate of drug-likeness (QED) is 0.0261. The third kappa shape index (κ3) is 67.4. The molecule has 0 radical (unpaired) electrons. The number of hydrogen-bond donors (Lipinski definition) is 0. The van der Waals surface area contributed by atoms with Crippen LogP contribution in [0, 0.1) is 0 Å². The summed E-state index contributed by atoms with van der Waals surface area (Å²) in [4.78, 5) is 38.5. The Hall–Kier alpha value is -3.41. The van der Waals surface area contributed by atoms with Gasteiger partial charge in [-0.1, -0.05) is 331 Å². The van der Waals surface area contributed by atoms with Gasteiger partial charge in [-0.2, -0.15) is 0 Å². The molecule has 82 heavy (non-hydrogen) atoms. The first-order valence-corrected chi connectivity index (χ1v) is 35.6. The van der Waals surface area contributed by atoms with E-state index in [0.29, 0.717) is 19.3 Å². The first kappa shape index (κ1) is 78.6. The maximum absolute atomic E-state index is 13.0. The van der Waals surface area contributed by atoms with Crippen LogP contribution < -0.4 is 0 Å². The number of rotatable bonds is 65. The minimum Gasteiger partial charge on any atom is -0.462 e. The zero-order valence-electron chi connectivity index (χ0n) is 54.5. The molecule has 0 aliphatic carbocycles. The van der Waals surface area contributed by atoms with Crippen molar-refractivity contribution in [1.29, 1.82) is 0 Å². The standard InChI is InChI=1S/C76H134O6/c1-4-7-10-13-16-19-22-25-28-31-33-35-36-37-38-39-40-42-43-45-48-51-54-57-60-63-66-69-75(78)81-72-73(71-80-74(77)68-65-62-59-56-53-50-47-30-27-24-21-18-15-12-9-6-3)82-76(79)70-67-64-61-58-55-52-49-46-44-41-34-32-29-26-23-20-17-14-11-8-5-2/h8,11,17,20,22,25-26,29,31,33-34,36-37,41,73H,4-7,9-10,12-16,18-19,21,23-24,27-28,30,32,35,38-40,42-72H2,1-3H3/b11-8-,20-17-,25-22-,29-26-,33-31-,37-36-,41-34-. The lowest BCUT2D eigenvalue weighted by Crippen LogP contribution is -2.30. The molecule has 6 nitrogen and oxygen atoms in total. The van der Waals surface area contributed by atoms with Crippen molar-refractivity contribution in [3.63, 3.8) is 0 Å². The molecule has 0 spiro atoms. The van der Waals surface area contributed by atoms with Crippen LogP contribution >= 0.6 is 0 Å². The lowest BCUT2D eigenvalue weighted by Gasteiger charge is -2.18. The second-order valence-electron chi connectivity index (χ2n) is 23.8. The normalized spacial score (nSPS) is 12.6. The highest BCUT2D eigenvalue weighted by Crippen LogP contribution is 2.18. The minimum atomic E-state index is -0.782. The van der Waals surface area contributed by atoms with Crippen LogP contribution in [0.1, 0.15) is 361 Å². The van der Waals surface area contributed by atoms with Gasteiger partial charge in [0.15, 0.2) is 6.10 Å². The largest absolute Gasteiger partial charge is 0.462 e. The van der Waals surface area contributed by atoms with Gasteiger partial charge >= 0.3 is 17.9 Å². The molecule has 0 saturated heterocycles. The monoisotopic (exact) mass is 1140 g/mol. The first-order chi connectivity index (χ1) is 40.5. The van der Waals surface area contributed by atoms with Crippen LogP contribution in [0.2, 0.25) is 0 Å². The van der Waals surface area contributed by atoms with Crippen LogP contribution in [0.15, 0.2) is 85.1 Å². The van der Waals surface area contributed by atoms with Gasteiger partial charge in [0.05, 0.1) is 0 Å². The smallest absolute Gasteiger partial charge is 0.306 e. The molecule has 0 fully saturated rings. The number of ether oxygens (including phenoxy) is 3. The highest BCUT2D eigenvalue weighted by atomic mass is 16.6. The maximum Gasteiger partial charge on any atom is 0.306 e. The average Bonchev–Trinajstić information content (AvgIpc) is 3.47. The Bertz CT molecular complexity index is 1550. The Morgan fingerprint density at radius 2 is 0.476 bits per heavy atom. The molecule has 1 atom stereocenters. The van der Waals surface area contributed by atoms with Gasteiger partial charge in [0.25, 0.3) is 0 Å². The van der Waals surface area contributed by atoms with E-state index >= 15 is 0 Å². The van der Waals surface area contributed by atoms with E-state index in [2.05, 4.69) is 106 Å². The summed E-state index contributed by atoms with van der Waals surface area (Å²) < 4.78 is 17.0. The summed E-state index contributed by atoms with van der Waals surface area (Å²) in [5.41, 5.74) is 0. The Morgan fingerprint density at radius 3 is 0.744 bits per heavy atom. The number of esters is 3. The maximum atomic E-state index is 13.0. The molecular weight excluding hydrogens is 1010 g/mol. The SMILES string of the molecule is CC/C=C\C/C=C\C/C=C\C/C=C\CCCCCCCCCCC(=O)OC(COC(=O)CCCCCCCCCCCCCC/C=C\C/C=C\C/C=C\CCCCCCC)COC(=O)CCCCCCCCCCCCCCCCCC. The lowest BCUT2D eigenvalue weighted by atomic mass is 10.0. The van der Waals surface area contributed by atoms with Gasteiger partial charge in [-0.05, 0) is 96.3 Å². The third-order valence-electron chi connectivity index (χ3n) is 15.6. The summed E-state index contributed by atoms with van der Waals surface area (Å²) in [5.74, 6) is -0.866. The van der Waals surface area contributed by atoms with Crippen molar-refractivity contribution in [2.45, 2.75) is 367 Å². The van der Waals surface area contributed by atoms with E-state index in [4.69, 9.17) is 14.2 Å². The van der Waals surface area contributed by atoms with Crippen LogP contribution in [0.25, 0.3) is 0 Å². The molecule has 0 bridgehead atoms. The van der Waals surface area contributed by atoms with Gasteiger partial charge in [0, 0.05) is 19.3 Å². The Labute approximate surface area is 509 Å². The summed E-state index contributed by atoms with van der Waals surface area (Å²) in [6, 6.07) is 0. The molecular formula is C76H134O6. The summed E-state index contributed by atoms with van der Waals surface area (Å²) in [6.45, 7) is 6.56. The Kier molecular flexibility index (Phi) is 67.2. The molecule has 0 aromatic heterocycles. The van der Waals surface area contributed by atoms with Gasteiger partial charge < -0.3 is 14.2 Å². The van der Waals surface area contributed by atoms with Crippen molar-refractivity contribution in [2.75, 3.05) is 13.2 Å². The van der Waals surface area contributed by atoms with Crippen LogP contribution in [0.3, 0.4) is 0 Å². The highest BCUT2D eigenvalue weighted by Gasteiger charge is 2.19. The lowest BCUT2D eigenvalue weighted by molar-refractivity contribution is -0.167. The van der Waals surface area contributed by atoms with E-state index in [1.807, 2.05) is 0 Å². The predicted octanol–water partition coefficient (Wildman–Crippen LogP) is 24.6. The predicted molar refractivity (Wildman–Crippen MR) is 358 cm³/mol. The average molecular weight is 1140 g/mol. The van der Waals surface area contributed by atoms with E-state index in [1.165, 1.54) is 218 Å². The zero-order chi connectivity index (χ0) is 59.2. The van der Waals surface area contributed by atoms with Crippen molar-refractivity contribution >= 4 is 17.9 Å². The second kappa shape index (κ2) is 70.1. The van der Waals surface area contributed by atoms with Crippen LogP contribution in [0.5, 0.6) is 0 Å². The number of carbonyl (C=O) groups is 3. The van der Waals surface area contributed by atoms with Gasteiger partial charge in [-0.15, -0.1) is 0 Å². The second-order valence-corrected chi connectivity index (χ2v) is 23.8. The Morgan fingerprint density at radius 1 is 0.256 bits per heavy atom. The molecule has 0 aromatic carbocycles. The molecule has 0 aliphatic heterocycles. The third-order valence-corrected chi connectivity index (χ3v) is 15.6. The fraction of sp³-hybridized carbons (Fsp3) is 0.776.